The van der Waals surface area contributed by atoms with Crippen LogP contribution in [0.2, 0.25) is 0 Å². The lowest BCUT2D eigenvalue weighted by molar-refractivity contribution is 0.0619. The first-order chi connectivity index (χ1) is 6.93. The Morgan fingerprint density at radius 3 is 2.27 bits per heavy atom. The molecule has 0 aliphatic carbocycles. The molecule has 0 saturated heterocycles. The van der Waals surface area contributed by atoms with E-state index in [1.165, 1.54) is 0 Å². The normalized spacial score (nSPS) is 17.3. The lowest BCUT2D eigenvalue weighted by Gasteiger charge is -2.07. The Morgan fingerprint density at radius 2 is 1.80 bits per heavy atom. The van der Waals surface area contributed by atoms with Crippen molar-refractivity contribution in [3.8, 4) is 0 Å². The van der Waals surface area contributed by atoms with Crippen molar-refractivity contribution in [2.45, 2.75) is 33.0 Å². The van der Waals surface area contributed by atoms with Gasteiger partial charge in [-0.05, 0) is 20.8 Å². The topological polar surface area (TPSA) is 40.5 Å². The van der Waals surface area contributed by atoms with Crippen LogP contribution in [0.3, 0.4) is 0 Å². The molecule has 0 aliphatic heterocycles. The van der Waals surface area contributed by atoms with Gasteiger partial charge in [-0.2, -0.15) is 0 Å². The largest absolute Gasteiger partial charge is 0.390 e. The van der Waals surface area contributed by atoms with E-state index in [-0.39, 0.29) is 0 Å². The summed E-state index contributed by atoms with van der Waals surface area (Å²) in [5, 5.41) is 18.3. The Labute approximate surface area is 91.9 Å². The van der Waals surface area contributed by atoms with Crippen molar-refractivity contribution in [3.63, 3.8) is 0 Å². The monoisotopic (exact) mass is 208 g/mol. The predicted octanol–water partition coefficient (Wildman–Crippen LogP) is 2.36. The molecule has 0 heterocycles. The summed E-state index contributed by atoms with van der Waals surface area (Å²) in [6, 6.07) is 0. The molecule has 0 saturated carbocycles. The second-order valence-corrected chi connectivity index (χ2v) is 3.71. The number of rotatable bonds is 5. The molecular weight excluding hydrogens is 188 g/mol. The Hall–Kier alpha value is -1.12. The van der Waals surface area contributed by atoms with Crippen LogP contribution < -0.4 is 0 Å². The van der Waals surface area contributed by atoms with Crippen molar-refractivity contribution in [3.05, 3.63) is 48.1 Å². The first-order valence-corrected chi connectivity index (χ1v) is 4.98. The number of hydrogen-bond acceptors (Lipinski definition) is 2. The maximum atomic E-state index is 9.29. The molecule has 2 nitrogen and oxygen atoms in total. The molecule has 0 fully saturated rings. The molecule has 0 rings (SSSR count). The molecule has 2 N–H and O–H groups in total. The maximum Gasteiger partial charge on any atom is 0.0980 e. The van der Waals surface area contributed by atoms with Crippen molar-refractivity contribution in [2.24, 2.45) is 0 Å². The Balaban J connectivity index is 4.23. The van der Waals surface area contributed by atoms with E-state index in [0.29, 0.717) is 0 Å². The van der Waals surface area contributed by atoms with E-state index < -0.39 is 12.2 Å². The van der Waals surface area contributed by atoms with E-state index in [1.54, 1.807) is 19.1 Å². The molecule has 2 atom stereocenters. The molecule has 0 aliphatic rings. The quantitative estimate of drug-likeness (QED) is 0.681. The van der Waals surface area contributed by atoms with Crippen molar-refractivity contribution < 1.29 is 10.2 Å². The average Bonchev–Trinajstić information content (AvgIpc) is 2.13. The van der Waals surface area contributed by atoms with Gasteiger partial charge in [0.05, 0.1) is 12.2 Å². The fraction of sp³-hybridized carbons (Fsp3) is 0.385. The van der Waals surface area contributed by atoms with Gasteiger partial charge < -0.3 is 10.2 Å². The molecule has 0 aromatic heterocycles. The Bertz CT molecular complexity index is 283. The summed E-state index contributed by atoms with van der Waals surface area (Å²) in [5.74, 6) is 0. The van der Waals surface area contributed by atoms with E-state index in [9.17, 15) is 5.11 Å². The Morgan fingerprint density at radius 1 is 1.20 bits per heavy atom. The SMILES string of the molecule is C=C(C)/C=C/C=C(C)/C=C/C(O)[C@@H](C)O. The van der Waals surface area contributed by atoms with Gasteiger partial charge in [-0.3, -0.25) is 0 Å². The highest BCUT2D eigenvalue weighted by atomic mass is 16.3. The van der Waals surface area contributed by atoms with Crippen LogP contribution >= 0.6 is 0 Å². The van der Waals surface area contributed by atoms with Crippen LogP contribution in [0.5, 0.6) is 0 Å². The lowest BCUT2D eigenvalue weighted by Crippen LogP contribution is -2.19. The molecule has 0 aromatic carbocycles. The molecule has 0 bridgehead atoms. The van der Waals surface area contributed by atoms with Crippen molar-refractivity contribution in [1.29, 1.82) is 0 Å². The maximum absolute atomic E-state index is 9.29. The van der Waals surface area contributed by atoms with E-state index in [2.05, 4.69) is 6.58 Å². The molecule has 84 valence electrons. The average molecular weight is 208 g/mol. The molecule has 0 radical (unpaired) electrons. The van der Waals surface area contributed by atoms with Crippen molar-refractivity contribution in [2.75, 3.05) is 0 Å². The fourth-order valence-electron chi connectivity index (χ4n) is 0.831. The summed E-state index contributed by atoms with van der Waals surface area (Å²) in [5.41, 5.74) is 2.00. The number of hydrogen-bond donors (Lipinski definition) is 2. The van der Waals surface area contributed by atoms with Crippen LogP contribution in [0.4, 0.5) is 0 Å². The Kier molecular flexibility index (Phi) is 6.67. The van der Waals surface area contributed by atoms with Gasteiger partial charge in [-0.15, -0.1) is 0 Å². The van der Waals surface area contributed by atoms with E-state index in [4.69, 9.17) is 5.11 Å². The molecule has 0 amide bonds. The smallest absolute Gasteiger partial charge is 0.0980 e. The molecule has 15 heavy (non-hydrogen) atoms. The number of aliphatic hydroxyl groups excluding tert-OH is 2. The van der Waals surface area contributed by atoms with Crippen LogP contribution in [0.1, 0.15) is 20.8 Å². The first kappa shape index (κ1) is 13.9. The summed E-state index contributed by atoms with van der Waals surface area (Å²) < 4.78 is 0. The zero-order chi connectivity index (χ0) is 11.8. The summed E-state index contributed by atoms with van der Waals surface area (Å²) in [4.78, 5) is 0. The third-order valence-electron chi connectivity index (χ3n) is 1.79. The second kappa shape index (κ2) is 7.21. The third kappa shape index (κ3) is 7.91. The standard InChI is InChI=1S/C13H20O2/c1-10(2)6-5-7-11(3)8-9-13(15)12(4)14/h5-9,12-15H,1H2,2-4H3/b6-5+,9-8+,11-7+/t12-,13?/m1/s1. The summed E-state index contributed by atoms with van der Waals surface area (Å²) in [7, 11) is 0. The summed E-state index contributed by atoms with van der Waals surface area (Å²) >= 11 is 0. The lowest BCUT2D eigenvalue weighted by atomic mass is 10.1. The van der Waals surface area contributed by atoms with Gasteiger partial charge in [-0.25, -0.2) is 0 Å². The van der Waals surface area contributed by atoms with Gasteiger partial charge in [-0.1, -0.05) is 48.1 Å². The summed E-state index contributed by atoms with van der Waals surface area (Å²) in [6.45, 7) is 9.14. The molecule has 0 spiro atoms. The van der Waals surface area contributed by atoms with Crippen LogP contribution in [0.15, 0.2) is 48.1 Å². The zero-order valence-electron chi connectivity index (χ0n) is 9.64. The van der Waals surface area contributed by atoms with Gasteiger partial charge in [0.15, 0.2) is 0 Å². The van der Waals surface area contributed by atoms with Crippen LogP contribution in [0, 0.1) is 0 Å². The fourth-order valence-corrected chi connectivity index (χ4v) is 0.831. The summed E-state index contributed by atoms with van der Waals surface area (Å²) in [6.07, 6.45) is 7.53. The zero-order valence-corrected chi connectivity index (χ0v) is 9.64. The third-order valence-corrected chi connectivity index (χ3v) is 1.79. The van der Waals surface area contributed by atoms with Crippen molar-refractivity contribution >= 4 is 0 Å². The van der Waals surface area contributed by atoms with Crippen molar-refractivity contribution in [1.82, 2.24) is 0 Å². The minimum atomic E-state index is -0.807. The van der Waals surface area contributed by atoms with E-state index in [1.807, 2.05) is 32.1 Å². The van der Waals surface area contributed by atoms with Gasteiger partial charge in [0.2, 0.25) is 0 Å². The second-order valence-electron chi connectivity index (χ2n) is 3.71. The van der Waals surface area contributed by atoms with Gasteiger partial charge in [0.1, 0.15) is 0 Å². The minimum Gasteiger partial charge on any atom is -0.390 e. The highest BCUT2D eigenvalue weighted by Gasteiger charge is 2.04. The molecule has 1 unspecified atom stereocenters. The van der Waals surface area contributed by atoms with Crippen LogP contribution in [-0.4, -0.2) is 22.4 Å². The minimum absolute atomic E-state index is 0.736. The van der Waals surface area contributed by atoms with E-state index in [0.717, 1.165) is 11.1 Å². The molecule has 2 heteroatoms. The van der Waals surface area contributed by atoms with E-state index >= 15 is 0 Å². The first-order valence-electron chi connectivity index (χ1n) is 4.98. The van der Waals surface area contributed by atoms with Gasteiger partial charge in [0.25, 0.3) is 0 Å². The molecular formula is C13H20O2. The van der Waals surface area contributed by atoms with Gasteiger partial charge in [0, 0.05) is 0 Å². The highest BCUT2D eigenvalue weighted by Crippen LogP contribution is 2.01. The number of aliphatic hydroxyl groups is 2. The predicted molar refractivity (Wildman–Crippen MR) is 64.5 cm³/mol. The van der Waals surface area contributed by atoms with Crippen LogP contribution in [-0.2, 0) is 0 Å². The van der Waals surface area contributed by atoms with Crippen LogP contribution in [0.25, 0.3) is 0 Å². The number of allylic oxidation sites excluding steroid dienone is 6. The molecule has 0 aromatic rings. The highest BCUT2D eigenvalue weighted by molar-refractivity contribution is 5.25. The van der Waals surface area contributed by atoms with Gasteiger partial charge >= 0.3 is 0 Å².